The molecule has 0 aliphatic carbocycles. The Hall–Kier alpha value is -1.91. The highest BCUT2D eigenvalue weighted by Gasteiger charge is 2.17. The van der Waals surface area contributed by atoms with Crippen molar-refractivity contribution in [2.75, 3.05) is 6.61 Å². The first-order chi connectivity index (χ1) is 8.97. The molecule has 5 nitrogen and oxygen atoms in total. The lowest BCUT2D eigenvalue weighted by molar-refractivity contribution is 0.142. The molecule has 0 amide bonds. The molecule has 106 valence electrons. The smallest absolute Gasteiger partial charge is 0.502 e. The SMILES string of the molecule is CCCCCOc1c(C)c(C)cc(OC(=O)O)c1O. The summed E-state index contributed by atoms with van der Waals surface area (Å²) in [5, 5.41) is 18.6. The van der Waals surface area contributed by atoms with Crippen LogP contribution < -0.4 is 9.47 Å². The van der Waals surface area contributed by atoms with Gasteiger partial charge in [-0.25, -0.2) is 4.79 Å². The van der Waals surface area contributed by atoms with E-state index in [1.165, 1.54) is 6.07 Å². The molecule has 0 aliphatic rings. The fourth-order valence-corrected chi connectivity index (χ4v) is 1.72. The molecule has 0 radical (unpaired) electrons. The van der Waals surface area contributed by atoms with E-state index in [1.54, 1.807) is 0 Å². The van der Waals surface area contributed by atoms with Crippen LogP contribution in [0.5, 0.6) is 17.2 Å². The van der Waals surface area contributed by atoms with Gasteiger partial charge in [-0.05, 0) is 37.5 Å². The monoisotopic (exact) mass is 268 g/mol. The van der Waals surface area contributed by atoms with Crippen LogP contribution in [0.1, 0.15) is 37.3 Å². The van der Waals surface area contributed by atoms with Crippen molar-refractivity contribution in [2.45, 2.75) is 40.0 Å². The van der Waals surface area contributed by atoms with Crippen LogP contribution in [0.2, 0.25) is 0 Å². The van der Waals surface area contributed by atoms with Crippen molar-refractivity contribution in [3.05, 3.63) is 17.2 Å². The minimum Gasteiger partial charge on any atom is -0.502 e. The summed E-state index contributed by atoms with van der Waals surface area (Å²) in [5.74, 6) is -0.0598. The van der Waals surface area contributed by atoms with Gasteiger partial charge in [-0.1, -0.05) is 19.8 Å². The van der Waals surface area contributed by atoms with Gasteiger partial charge in [0.2, 0.25) is 5.75 Å². The van der Waals surface area contributed by atoms with Crippen LogP contribution in [0.15, 0.2) is 6.07 Å². The van der Waals surface area contributed by atoms with Gasteiger partial charge in [0.1, 0.15) is 0 Å². The van der Waals surface area contributed by atoms with Crippen molar-refractivity contribution in [1.82, 2.24) is 0 Å². The van der Waals surface area contributed by atoms with Gasteiger partial charge in [0.25, 0.3) is 0 Å². The summed E-state index contributed by atoms with van der Waals surface area (Å²) >= 11 is 0. The molecule has 0 bridgehead atoms. The third-order valence-corrected chi connectivity index (χ3v) is 2.92. The standard InChI is InChI=1S/C14H20O5/c1-4-5-6-7-18-13-10(3)9(2)8-11(12(13)15)19-14(16)17/h8,15H,4-7H2,1-3H3,(H,16,17). The van der Waals surface area contributed by atoms with E-state index < -0.39 is 6.16 Å². The summed E-state index contributed by atoms with van der Waals surface area (Å²) in [5.41, 5.74) is 1.59. The number of ether oxygens (including phenoxy) is 2. The maximum Gasteiger partial charge on any atom is 0.511 e. The molecule has 0 fully saturated rings. The number of hydrogen-bond acceptors (Lipinski definition) is 4. The molecule has 2 N–H and O–H groups in total. The molecule has 1 aromatic rings. The van der Waals surface area contributed by atoms with Crippen LogP contribution in [0, 0.1) is 13.8 Å². The molecular formula is C14H20O5. The first-order valence-corrected chi connectivity index (χ1v) is 6.34. The highest BCUT2D eigenvalue weighted by atomic mass is 16.7. The van der Waals surface area contributed by atoms with E-state index in [4.69, 9.17) is 9.84 Å². The van der Waals surface area contributed by atoms with Gasteiger partial charge in [-0.3, -0.25) is 0 Å². The molecule has 1 rings (SSSR count). The third kappa shape index (κ3) is 4.05. The Bertz CT molecular complexity index is 454. The number of phenolic OH excluding ortho intramolecular Hbond substituents is 1. The third-order valence-electron chi connectivity index (χ3n) is 2.92. The number of aryl methyl sites for hydroxylation is 1. The van der Waals surface area contributed by atoms with E-state index in [0.717, 1.165) is 30.4 Å². The maximum atomic E-state index is 10.6. The summed E-state index contributed by atoms with van der Waals surface area (Å²) in [6.07, 6.45) is 1.55. The van der Waals surface area contributed by atoms with E-state index in [2.05, 4.69) is 11.7 Å². The molecule has 19 heavy (non-hydrogen) atoms. The van der Waals surface area contributed by atoms with E-state index >= 15 is 0 Å². The van der Waals surface area contributed by atoms with E-state index in [9.17, 15) is 9.90 Å². The number of carboxylic acid groups (broad SMARTS) is 1. The Morgan fingerprint density at radius 3 is 2.58 bits per heavy atom. The lowest BCUT2D eigenvalue weighted by Crippen LogP contribution is -2.06. The second kappa shape index (κ2) is 6.87. The average molecular weight is 268 g/mol. The van der Waals surface area contributed by atoms with E-state index in [1.807, 2.05) is 13.8 Å². The fraction of sp³-hybridized carbons (Fsp3) is 0.500. The second-order valence-electron chi connectivity index (χ2n) is 4.42. The molecule has 0 aromatic heterocycles. The number of carbonyl (C=O) groups is 1. The number of unbranched alkanes of at least 4 members (excludes halogenated alkanes) is 2. The summed E-state index contributed by atoms with van der Waals surface area (Å²) in [6, 6.07) is 1.48. The van der Waals surface area contributed by atoms with Crippen LogP contribution >= 0.6 is 0 Å². The normalized spacial score (nSPS) is 10.3. The summed E-state index contributed by atoms with van der Waals surface area (Å²) < 4.78 is 10.1. The number of hydrogen-bond donors (Lipinski definition) is 2. The second-order valence-corrected chi connectivity index (χ2v) is 4.42. The molecule has 1 aromatic carbocycles. The van der Waals surface area contributed by atoms with Crippen molar-refractivity contribution >= 4 is 6.16 Å². The number of phenols is 1. The van der Waals surface area contributed by atoms with E-state index in [-0.39, 0.29) is 11.5 Å². The van der Waals surface area contributed by atoms with Crippen LogP contribution in [-0.2, 0) is 0 Å². The van der Waals surface area contributed by atoms with Crippen molar-refractivity contribution in [3.63, 3.8) is 0 Å². The van der Waals surface area contributed by atoms with Crippen LogP contribution in [0.25, 0.3) is 0 Å². The van der Waals surface area contributed by atoms with Gasteiger partial charge >= 0.3 is 6.16 Å². The average Bonchev–Trinajstić information content (AvgIpc) is 2.34. The number of aromatic hydroxyl groups is 1. The van der Waals surface area contributed by atoms with Crippen molar-refractivity contribution in [3.8, 4) is 17.2 Å². The zero-order valence-corrected chi connectivity index (χ0v) is 11.5. The lowest BCUT2D eigenvalue weighted by atomic mass is 10.1. The summed E-state index contributed by atoms with van der Waals surface area (Å²) in [7, 11) is 0. The lowest BCUT2D eigenvalue weighted by Gasteiger charge is -2.15. The first kappa shape index (κ1) is 15.1. The Morgan fingerprint density at radius 2 is 2.00 bits per heavy atom. The maximum absolute atomic E-state index is 10.6. The topological polar surface area (TPSA) is 76.0 Å². The van der Waals surface area contributed by atoms with E-state index in [0.29, 0.717) is 12.4 Å². The molecule has 0 unspecified atom stereocenters. The van der Waals surface area contributed by atoms with Gasteiger partial charge in [0, 0.05) is 0 Å². The zero-order valence-electron chi connectivity index (χ0n) is 11.5. The quantitative estimate of drug-likeness (QED) is 0.468. The molecule has 0 aliphatic heterocycles. The Labute approximate surface area is 112 Å². The highest BCUT2D eigenvalue weighted by molar-refractivity contribution is 5.66. The predicted octanol–water partition coefficient (Wildman–Crippen LogP) is 3.63. The van der Waals surface area contributed by atoms with Gasteiger partial charge in [0.05, 0.1) is 6.61 Å². The Balaban J connectivity index is 2.94. The molecule has 0 saturated carbocycles. The number of benzene rings is 1. The van der Waals surface area contributed by atoms with Crippen molar-refractivity contribution < 1.29 is 24.5 Å². The minimum absolute atomic E-state index is 0.0962. The first-order valence-electron chi connectivity index (χ1n) is 6.34. The largest absolute Gasteiger partial charge is 0.511 e. The van der Waals surface area contributed by atoms with Gasteiger partial charge in [-0.15, -0.1) is 0 Å². The van der Waals surface area contributed by atoms with Gasteiger partial charge in [-0.2, -0.15) is 0 Å². The van der Waals surface area contributed by atoms with Crippen molar-refractivity contribution in [1.29, 1.82) is 0 Å². The van der Waals surface area contributed by atoms with Crippen LogP contribution in [-0.4, -0.2) is 23.0 Å². The molecule has 0 spiro atoms. The number of rotatable bonds is 6. The zero-order chi connectivity index (χ0) is 14.4. The highest BCUT2D eigenvalue weighted by Crippen LogP contribution is 2.40. The van der Waals surface area contributed by atoms with Gasteiger partial charge < -0.3 is 19.7 Å². The van der Waals surface area contributed by atoms with Crippen LogP contribution in [0.4, 0.5) is 4.79 Å². The summed E-state index contributed by atoms with van der Waals surface area (Å²) in [4.78, 5) is 10.6. The molecule has 0 saturated heterocycles. The van der Waals surface area contributed by atoms with Crippen molar-refractivity contribution in [2.24, 2.45) is 0 Å². The summed E-state index contributed by atoms with van der Waals surface area (Å²) in [6.45, 7) is 6.20. The Kier molecular flexibility index (Phi) is 5.48. The molecule has 5 heteroatoms. The predicted molar refractivity (Wildman–Crippen MR) is 71.3 cm³/mol. The Morgan fingerprint density at radius 1 is 1.32 bits per heavy atom. The van der Waals surface area contributed by atoms with Crippen LogP contribution in [0.3, 0.4) is 0 Å². The molecule has 0 atom stereocenters. The fourth-order valence-electron chi connectivity index (χ4n) is 1.72. The van der Waals surface area contributed by atoms with Gasteiger partial charge in [0.15, 0.2) is 11.5 Å². The minimum atomic E-state index is -1.46. The molecular weight excluding hydrogens is 248 g/mol. The molecule has 0 heterocycles.